The Morgan fingerprint density at radius 3 is 3.00 bits per heavy atom. The molecule has 1 saturated heterocycles. The van der Waals surface area contributed by atoms with E-state index < -0.39 is 6.09 Å². The molecule has 17 heavy (non-hydrogen) atoms. The van der Waals surface area contributed by atoms with Gasteiger partial charge in [0.25, 0.3) is 0 Å². The summed E-state index contributed by atoms with van der Waals surface area (Å²) < 4.78 is 6.38. The number of rotatable bonds is 2. The average molecular weight is 231 g/mol. The van der Waals surface area contributed by atoms with Crippen molar-refractivity contribution < 1.29 is 9.53 Å². The molecule has 0 spiro atoms. The fourth-order valence-corrected chi connectivity index (χ4v) is 1.63. The largest absolute Gasteiger partial charge is 0.447 e. The van der Waals surface area contributed by atoms with Crippen molar-refractivity contribution in [1.82, 2.24) is 25.1 Å². The maximum absolute atomic E-state index is 10.9. The molecule has 1 N–H and O–H groups in total. The van der Waals surface area contributed by atoms with Gasteiger partial charge in [0.1, 0.15) is 19.3 Å². The van der Waals surface area contributed by atoms with Gasteiger partial charge in [-0.25, -0.2) is 19.4 Å². The first-order valence-corrected chi connectivity index (χ1v) is 5.07. The molecule has 2 aromatic rings. The molecule has 0 aromatic carbocycles. The molecular weight excluding hydrogens is 222 g/mol. The molecule has 1 atom stereocenters. The smallest absolute Gasteiger partial charge is 0.407 e. The molecule has 7 nitrogen and oxygen atoms in total. The van der Waals surface area contributed by atoms with Gasteiger partial charge in [0.05, 0.1) is 6.04 Å². The van der Waals surface area contributed by atoms with Gasteiger partial charge in [-0.05, 0) is 11.6 Å². The molecule has 3 rings (SSSR count). The van der Waals surface area contributed by atoms with Crippen LogP contribution < -0.4 is 5.32 Å². The van der Waals surface area contributed by atoms with E-state index in [1.165, 1.54) is 6.33 Å². The zero-order chi connectivity index (χ0) is 11.7. The highest BCUT2D eigenvalue weighted by Crippen LogP contribution is 2.17. The van der Waals surface area contributed by atoms with Crippen molar-refractivity contribution in [3.05, 3.63) is 36.5 Å². The number of pyridine rings is 1. The van der Waals surface area contributed by atoms with E-state index in [-0.39, 0.29) is 6.04 Å². The minimum atomic E-state index is -0.393. The zero-order valence-electron chi connectivity index (χ0n) is 8.78. The Kier molecular flexibility index (Phi) is 2.21. The number of carbonyl (C=O) groups excluding carboxylic acids is 1. The van der Waals surface area contributed by atoms with Crippen LogP contribution in [0.25, 0.3) is 5.82 Å². The summed E-state index contributed by atoms with van der Waals surface area (Å²) in [6, 6.07) is 3.57. The van der Waals surface area contributed by atoms with Crippen LogP contribution in [0.4, 0.5) is 4.79 Å². The van der Waals surface area contributed by atoms with Crippen molar-refractivity contribution in [3.63, 3.8) is 0 Å². The van der Waals surface area contributed by atoms with Crippen LogP contribution in [0.2, 0.25) is 0 Å². The van der Waals surface area contributed by atoms with E-state index in [0.29, 0.717) is 12.4 Å². The Morgan fingerprint density at radius 2 is 2.41 bits per heavy atom. The lowest BCUT2D eigenvalue weighted by atomic mass is 10.1. The number of alkyl carbamates (subject to hydrolysis) is 1. The molecule has 0 saturated carbocycles. The third-order valence-corrected chi connectivity index (χ3v) is 2.50. The quantitative estimate of drug-likeness (QED) is 0.811. The topological polar surface area (TPSA) is 81.9 Å². The summed E-state index contributed by atoms with van der Waals surface area (Å²) in [5.41, 5.74) is 0.903. The average Bonchev–Trinajstić information content (AvgIpc) is 3.00. The van der Waals surface area contributed by atoms with Crippen LogP contribution in [0.5, 0.6) is 0 Å². The standard InChI is InChI=1S/C10H9N5O2/c16-10-14-8(4-17-10)7-1-2-9(12-3-7)15-6-11-5-13-15/h1-3,5-6,8H,4H2,(H,14,16). The lowest BCUT2D eigenvalue weighted by Gasteiger charge is -2.07. The van der Waals surface area contributed by atoms with E-state index in [4.69, 9.17) is 4.74 Å². The second-order valence-electron chi connectivity index (χ2n) is 3.59. The van der Waals surface area contributed by atoms with Crippen LogP contribution in [0.3, 0.4) is 0 Å². The number of amides is 1. The molecule has 1 amide bonds. The highest BCUT2D eigenvalue weighted by atomic mass is 16.6. The number of nitrogens with one attached hydrogen (secondary N) is 1. The first kappa shape index (κ1) is 9.76. The number of hydrogen-bond donors (Lipinski definition) is 1. The fraction of sp³-hybridized carbons (Fsp3) is 0.200. The molecule has 7 heteroatoms. The number of hydrogen-bond acceptors (Lipinski definition) is 5. The molecule has 1 aliphatic rings. The molecule has 0 bridgehead atoms. The third-order valence-electron chi connectivity index (χ3n) is 2.50. The number of nitrogens with zero attached hydrogens (tertiary/aromatic N) is 4. The molecule has 1 unspecified atom stereocenters. The SMILES string of the molecule is O=C1NC(c2ccc(-n3cncn3)nc2)CO1. The summed E-state index contributed by atoms with van der Waals surface area (Å²) >= 11 is 0. The lowest BCUT2D eigenvalue weighted by Crippen LogP contribution is -2.18. The van der Waals surface area contributed by atoms with Gasteiger partial charge in [-0.3, -0.25) is 0 Å². The van der Waals surface area contributed by atoms with Crippen LogP contribution in [0, 0.1) is 0 Å². The molecule has 0 aliphatic carbocycles. The second kappa shape index (κ2) is 3.85. The van der Waals surface area contributed by atoms with Crippen LogP contribution in [-0.2, 0) is 4.74 Å². The van der Waals surface area contributed by atoms with Crippen LogP contribution in [-0.4, -0.2) is 32.4 Å². The fourth-order valence-electron chi connectivity index (χ4n) is 1.63. The monoisotopic (exact) mass is 231 g/mol. The van der Waals surface area contributed by atoms with Crippen molar-refractivity contribution in [2.75, 3.05) is 6.61 Å². The first-order chi connectivity index (χ1) is 8.33. The highest BCUT2D eigenvalue weighted by molar-refractivity contribution is 5.70. The van der Waals surface area contributed by atoms with Crippen molar-refractivity contribution in [3.8, 4) is 5.82 Å². The molecule has 3 heterocycles. The van der Waals surface area contributed by atoms with Gasteiger partial charge in [0, 0.05) is 6.20 Å². The summed E-state index contributed by atoms with van der Waals surface area (Å²) in [5.74, 6) is 0.677. The van der Waals surface area contributed by atoms with Crippen LogP contribution in [0.15, 0.2) is 31.0 Å². The number of aromatic nitrogens is 4. The van der Waals surface area contributed by atoms with E-state index in [2.05, 4.69) is 20.4 Å². The molecule has 2 aromatic heterocycles. The number of cyclic esters (lactones) is 1. The summed E-state index contributed by atoms with van der Waals surface area (Å²) in [7, 11) is 0. The van der Waals surface area contributed by atoms with Gasteiger partial charge in [-0.2, -0.15) is 5.10 Å². The van der Waals surface area contributed by atoms with Crippen molar-refractivity contribution in [1.29, 1.82) is 0 Å². The van der Waals surface area contributed by atoms with Crippen molar-refractivity contribution in [2.24, 2.45) is 0 Å². The van der Waals surface area contributed by atoms with E-state index >= 15 is 0 Å². The summed E-state index contributed by atoms with van der Waals surface area (Å²) in [5, 5.41) is 6.66. The summed E-state index contributed by atoms with van der Waals surface area (Å²) in [6.07, 6.45) is 4.31. The zero-order valence-corrected chi connectivity index (χ0v) is 8.78. The highest BCUT2D eigenvalue weighted by Gasteiger charge is 2.23. The van der Waals surface area contributed by atoms with Crippen LogP contribution >= 0.6 is 0 Å². The maximum atomic E-state index is 10.9. The Morgan fingerprint density at radius 1 is 1.47 bits per heavy atom. The second-order valence-corrected chi connectivity index (χ2v) is 3.59. The first-order valence-electron chi connectivity index (χ1n) is 5.07. The Labute approximate surface area is 96.4 Å². The van der Waals surface area contributed by atoms with Gasteiger partial charge >= 0.3 is 6.09 Å². The number of carbonyl (C=O) groups is 1. The summed E-state index contributed by atoms with van der Waals surface area (Å²) in [4.78, 5) is 19.0. The van der Waals surface area contributed by atoms with E-state index in [0.717, 1.165) is 5.56 Å². The summed E-state index contributed by atoms with van der Waals surface area (Å²) in [6.45, 7) is 0.336. The normalized spacial score (nSPS) is 18.8. The molecule has 86 valence electrons. The Balaban J connectivity index is 1.83. The van der Waals surface area contributed by atoms with Crippen molar-refractivity contribution >= 4 is 6.09 Å². The van der Waals surface area contributed by atoms with Crippen molar-refractivity contribution in [2.45, 2.75) is 6.04 Å². The number of ether oxygens (including phenoxy) is 1. The van der Waals surface area contributed by atoms with Gasteiger partial charge in [0.2, 0.25) is 0 Å². The predicted molar refractivity (Wildman–Crippen MR) is 56.4 cm³/mol. The molecule has 1 fully saturated rings. The molecule has 1 aliphatic heterocycles. The van der Waals surface area contributed by atoms with E-state index in [9.17, 15) is 4.79 Å². The van der Waals surface area contributed by atoms with E-state index in [1.54, 1.807) is 17.2 Å². The minimum Gasteiger partial charge on any atom is -0.447 e. The van der Waals surface area contributed by atoms with E-state index in [1.807, 2.05) is 12.1 Å². The van der Waals surface area contributed by atoms with Crippen LogP contribution in [0.1, 0.15) is 11.6 Å². The Bertz CT molecular complexity index is 522. The predicted octanol–water partition coefficient (Wildman–Crippen LogP) is 0.443. The van der Waals surface area contributed by atoms with Gasteiger partial charge in [0.15, 0.2) is 5.82 Å². The van der Waals surface area contributed by atoms with Gasteiger partial charge in [-0.15, -0.1) is 0 Å². The maximum Gasteiger partial charge on any atom is 0.407 e. The minimum absolute atomic E-state index is 0.125. The lowest BCUT2D eigenvalue weighted by molar-refractivity contribution is 0.177. The molecular formula is C10H9N5O2. The third kappa shape index (κ3) is 1.82. The van der Waals surface area contributed by atoms with Gasteiger partial charge in [-0.1, -0.05) is 6.07 Å². The molecule has 0 radical (unpaired) electrons. The van der Waals surface area contributed by atoms with Gasteiger partial charge < -0.3 is 10.1 Å². The Hall–Kier alpha value is -2.44.